The molecule has 0 unspecified atom stereocenters. The lowest BCUT2D eigenvalue weighted by Crippen LogP contribution is -2.06. The first kappa shape index (κ1) is 18.6. The van der Waals surface area contributed by atoms with Crippen LogP contribution in [0.1, 0.15) is 28.5 Å². The predicted molar refractivity (Wildman–Crippen MR) is 111 cm³/mol. The van der Waals surface area contributed by atoms with E-state index in [2.05, 4.69) is 15.1 Å². The van der Waals surface area contributed by atoms with Crippen LogP contribution in [-0.2, 0) is 0 Å². The molecule has 0 atom stereocenters. The van der Waals surface area contributed by atoms with Gasteiger partial charge in [-0.1, -0.05) is 48.0 Å². The van der Waals surface area contributed by atoms with E-state index in [0.717, 1.165) is 16.8 Å². The second kappa shape index (κ2) is 7.67. The topological polar surface area (TPSA) is 69.9 Å². The van der Waals surface area contributed by atoms with E-state index in [4.69, 9.17) is 4.74 Å². The Hall–Kier alpha value is -3.80. The van der Waals surface area contributed by atoms with Crippen molar-refractivity contribution in [1.82, 2.24) is 19.7 Å². The van der Waals surface area contributed by atoms with E-state index < -0.39 is 0 Å². The molecule has 2 heterocycles. The Morgan fingerprint density at radius 2 is 1.69 bits per heavy atom. The Kier molecular flexibility index (Phi) is 4.91. The lowest BCUT2D eigenvalue weighted by atomic mass is 10.2. The number of benzene rings is 2. The van der Waals surface area contributed by atoms with Gasteiger partial charge in [0.2, 0.25) is 5.88 Å². The predicted octanol–water partition coefficient (Wildman–Crippen LogP) is 4.94. The fraction of sp³-hybridized carbons (Fsp3) is 0.130. The van der Waals surface area contributed by atoms with Crippen LogP contribution < -0.4 is 4.74 Å². The van der Waals surface area contributed by atoms with Crippen molar-refractivity contribution < 1.29 is 9.53 Å². The number of hydrogen-bond donors (Lipinski definition) is 0. The molecule has 6 nitrogen and oxygen atoms in total. The van der Waals surface area contributed by atoms with Crippen LogP contribution in [0.15, 0.2) is 66.9 Å². The van der Waals surface area contributed by atoms with Gasteiger partial charge in [-0.05, 0) is 32.9 Å². The molecule has 0 radical (unpaired) electrons. The van der Waals surface area contributed by atoms with E-state index in [1.165, 1.54) is 6.92 Å². The number of carbonyl (C=O) groups is 1. The molecule has 0 fully saturated rings. The highest BCUT2D eigenvalue weighted by Crippen LogP contribution is 2.26. The summed E-state index contributed by atoms with van der Waals surface area (Å²) in [5.41, 5.74) is 3.29. The number of ketones is 1. The van der Waals surface area contributed by atoms with Gasteiger partial charge in [-0.25, -0.2) is 9.67 Å². The van der Waals surface area contributed by atoms with Gasteiger partial charge in [0.25, 0.3) is 0 Å². The summed E-state index contributed by atoms with van der Waals surface area (Å²) < 4.78 is 7.62. The monoisotopic (exact) mass is 384 g/mol. The molecule has 0 bridgehead atoms. The molecule has 0 saturated carbocycles. The van der Waals surface area contributed by atoms with E-state index in [-0.39, 0.29) is 5.78 Å². The van der Waals surface area contributed by atoms with Gasteiger partial charge in [0.1, 0.15) is 5.75 Å². The van der Waals surface area contributed by atoms with Gasteiger partial charge >= 0.3 is 0 Å². The van der Waals surface area contributed by atoms with Crippen LogP contribution in [0.25, 0.3) is 17.2 Å². The molecular formula is C23H20N4O2. The summed E-state index contributed by atoms with van der Waals surface area (Å²) in [5, 5.41) is 4.35. The summed E-state index contributed by atoms with van der Waals surface area (Å²) >= 11 is 0. The van der Waals surface area contributed by atoms with Crippen molar-refractivity contribution in [3.63, 3.8) is 0 Å². The molecule has 0 aliphatic heterocycles. The molecule has 0 saturated heterocycles. The summed E-state index contributed by atoms with van der Waals surface area (Å²) in [5.74, 6) is 2.09. The van der Waals surface area contributed by atoms with Gasteiger partial charge in [0.15, 0.2) is 17.4 Å². The Morgan fingerprint density at radius 3 is 2.34 bits per heavy atom. The number of hydrogen-bond acceptors (Lipinski definition) is 5. The van der Waals surface area contributed by atoms with Gasteiger partial charge < -0.3 is 4.74 Å². The number of nitrogens with zero attached hydrogens (tertiary/aromatic N) is 4. The van der Waals surface area contributed by atoms with Crippen LogP contribution in [0.3, 0.4) is 0 Å². The molecular weight excluding hydrogens is 364 g/mol. The first-order valence-corrected chi connectivity index (χ1v) is 9.26. The first-order valence-electron chi connectivity index (χ1n) is 9.26. The van der Waals surface area contributed by atoms with Crippen molar-refractivity contribution in [2.75, 3.05) is 0 Å². The molecule has 2 aromatic carbocycles. The quantitative estimate of drug-likeness (QED) is 0.456. The molecule has 0 aliphatic carbocycles. The van der Waals surface area contributed by atoms with Gasteiger partial charge in [-0.2, -0.15) is 10.1 Å². The minimum Gasteiger partial charge on any atom is -0.439 e. The van der Waals surface area contributed by atoms with E-state index in [1.54, 1.807) is 16.9 Å². The SMILES string of the molecule is CC(=O)c1cnn(-c2cc(Oc3ccc(C)cc3)nc(-c3ccccc3)n2)c1C. The number of ether oxygens (including phenoxy) is 1. The summed E-state index contributed by atoms with van der Waals surface area (Å²) in [6.07, 6.45) is 1.56. The number of aryl methyl sites for hydroxylation is 1. The Bertz CT molecular complexity index is 1170. The fourth-order valence-electron chi connectivity index (χ4n) is 3.00. The number of aromatic nitrogens is 4. The highest BCUT2D eigenvalue weighted by molar-refractivity contribution is 5.95. The summed E-state index contributed by atoms with van der Waals surface area (Å²) in [6, 6.07) is 19.1. The van der Waals surface area contributed by atoms with Gasteiger partial charge in [-0.15, -0.1) is 0 Å². The zero-order valence-corrected chi connectivity index (χ0v) is 16.5. The molecule has 4 rings (SSSR count). The van der Waals surface area contributed by atoms with Crippen LogP contribution in [0.5, 0.6) is 11.6 Å². The van der Waals surface area contributed by atoms with Crippen LogP contribution in [-0.4, -0.2) is 25.5 Å². The Balaban J connectivity index is 1.82. The Labute approximate surface area is 168 Å². The van der Waals surface area contributed by atoms with E-state index in [0.29, 0.717) is 28.8 Å². The number of rotatable bonds is 5. The van der Waals surface area contributed by atoms with Crippen molar-refractivity contribution in [2.45, 2.75) is 20.8 Å². The lowest BCUT2D eigenvalue weighted by molar-refractivity contribution is 0.101. The van der Waals surface area contributed by atoms with Crippen molar-refractivity contribution in [3.8, 4) is 28.8 Å². The smallest absolute Gasteiger partial charge is 0.225 e. The first-order chi connectivity index (χ1) is 14.0. The molecule has 0 aliphatic rings. The normalized spacial score (nSPS) is 10.7. The number of Topliss-reactive ketones (excluding diaryl/α,β-unsaturated/α-hetero) is 1. The maximum absolute atomic E-state index is 11.8. The molecule has 0 N–H and O–H groups in total. The molecule has 29 heavy (non-hydrogen) atoms. The highest BCUT2D eigenvalue weighted by Gasteiger charge is 2.16. The van der Waals surface area contributed by atoms with Gasteiger partial charge in [-0.3, -0.25) is 4.79 Å². The third-order valence-electron chi connectivity index (χ3n) is 4.57. The van der Waals surface area contributed by atoms with E-state index >= 15 is 0 Å². The fourth-order valence-corrected chi connectivity index (χ4v) is 3.00. The van der Waals surface area contributed by atoms with Gasteiger partial charge in [0, 0.05) is 11.6 Å². The van der Waals surface area contributed by atoms with E-state index in [1.807, 2.05) is 68.4 Å². The number of carbonyl (C=O) groups excluding carboxylic acids is 1. The molecule has 144 valence electrons. The molecule has 2 aromatic heterocycles. The minimum atomic E-state index is -0.0396. The van der Waals surface area contributed by atoms with Crippen LogP contribution in [0, 0.1) is 13.8 Å². The maximum Gasteiger partial charge on any atom is 0.225 e. The molecule has 4 aromatic rings. The Morgan fingerprint density at radius 1 is 0.966 bits per heavy atom. The lowest BCUT2D eigenvalue weighted by Gasteiger charge is -2.11. The standard InChI is InChI=1S/C23H20N4O2/c1-15-9-11-19(12-10-15)29-22-13-21(27-16(2)20(14-24-27)17(3)28)25-23(26-22)18-7-5-4-6-8-18/h4-14H,1-3H3. The highest BCUT2D eigenvalue weighted by atomic mass is 16.5. The summed E-state index contributed by atoms with van der Waals surface area (Å²) in [6.45, 7) is 5.39. The maximum atomic E-state index is 11.8. The van der Waals surface area contributed by atoms with Gasteiger partial charge in [0.05, 0.1) is 17.5 Å². The van der Waals surface area contributed by atoms with Crippen molar-refractivity contribution in [1.29, 1.82) is 0 Å². The minimum absolute atomic E-state index is 0.0396. The second-order valence-electron chi connectivity index (χ2n) is 6.78. The molecule has 0 spiro atoms. The third-order valence-corrected chi connectivity index (χ3v) is 4.57. The van der Waals surface area contributed by atoms with Crippen LogP contribution in [0.2, 0.25) is 0 Å². The van der Waals surface area contributed by atoms with Crippen molar-refractivity contribution in [2.24, 2.45) is 0 Å². The molecule has 0 amide bonds. The van der Waals surface area contributed by atoms with E-state index in [9.17, 15) is 4.79 Å². The average Bonchev–Trinajstić information content (AvgIpc) is 3.12. The van der Waals surface area contributed by atoms with Crippen molar-refractivity contribution >= 4 is 5.78 Å². The van der Waals surface area contributed by atoms with Crippen LogP contribution in [0.4, 0.5) is 0 Å². The van der Waals surface area contributed by atoms with Crippen LogP contribution >= 0.6 is 0 Å². The summed E-state index contributed by atoms with van der Waals surface area (Å²) in [4.78, 5) is 21.1. The summed E-state index contributed by atoms with van der Waals surface area (Å²) in [7, 11) is 0. The zero-order chi connectivity index (χ0) is 20.4. The zero-order valence-electron chi connectivity index (χ0n) is 16.5. The second-order valence-corrected chi connectivity index (χ2v) is 6.78. The van der Waals surface area contributed by atoms with Crippen molar-refractivity contribution in [3.05, 3.63) is 83.7 Å². The molecule has 6 heteroatoms. The third kappa shape index (κ3) is 3.91. The largest absolute Gasteiger partial charge is 0.439 e. The average molecular weight is 384 g/mol.